The third-order valence-electron chi connectivity index (χ3n) is 4.80. The molecule has 29 heavy (non-hydrogen) atoms. The van der Waals surface area contributed by atoms with Gasteiger partial charge in [0, 0.05) is 29.1 Å². The van der Waals surface area contributed by atoms with E-state index in [1.807, 2.05) is 26.0 Å². The lowest BCUT2D eigenvalue weighted by Crippen LogP contribution is -2.10. The van der Waals surface area contributed by atoms with Gasteiger partial charge in [-0.2, -0.15) is 0 Å². The first-order chi connectivity index (χ1) is 13.9. The number of rotatable bonds is 6. The molecule has 0 aliphatic rings. The van der Waals surface area contributed by atoms with Gasteiger partial charge < -0.3 is 23.4 Å². The number of hydrogen-bond acceptors (Lipinski definition) is 7. The number of ether oxygens (including phenoxy) is 4. The number of aryl methyl sites for hydroxylation is 2. The Morgan fingerprint density at radius 3 is 2.24 bits per heavy atom. The van der Waals surface area contributed by atoms with E-state index in [2.05, 4.69) is 0 Å². The first-order valence-corrected chi connectivity index (χ1v) is 8.89. The quantitative estimate of drug-likeness (QED) is 0.461. The van der Waals surface area contributed by atoms with E-state index in [0.717, 1.165) is 16.5 Å². The van der Waals surface area contributed by atoms with Gasteiger partial charge in [-0.3, -0.25) is 0 Å². The molecule has 0 spiro atoms. The van der Waals surface area contributed by atoms with Crippen LogP contribution in [0, 0.1) is 13.8 Å². The highest BCUT2D eigenvalue weighted by atomic mass is 16.5. The normalized spacial score (nSPS) is 10.7. The standard InChI is InChI=1S/C22H22O7/c1-12-6-7-15-14(8-20(23)29-21(15)13(12)2)11-28-22(24)16-9-18(26-4)19(27-5)10-17(16)25-3/h6-10H,11H2,1-5H3. The molecule has 152 valence electrons. The maximum atomic E-state index is 12.7. The Morgan fingerprint density at radius 2 is 1.59 bits per heavy atom. The van der Waals surface area contributed by atoms with Crippen LogP contribution in [0.5, 0.6) is 17.2 Å². The highest BCUT2D eigenvalue weighted by Crippen LogP contribution is 2.35. The lowest BCUT2D eigenvalue weighted by Gasteiger charge is -2.14. The summed E-state index contributed by atoms with van der Waals surface area (Å²) < 4.78 is 26.6. The van der Waals surface area contributed by atoms with Crippen LogP contribution in [0.1, 0.15) is 27.0 Å². The number of esters is 1. The maximum Gasteiger partial charge on any atom is 0.342 e. The van der Waals surface area contributed by atoms with Gasteiger partial charge in [0.05, 0.1) is 21.3 Å². The summed E-state index contributed by atoms with van der Waals surface area (Å²) in [6.07, 6.45) is 0. The van der Waals surface area contributed by atoms with E-state index in [4.69, 9.17) is 23.4 Å². The molecular formula is C22H22O7. The molecule has 0 saturated heterocycles. The molecule has 0 atom stereocenters. The van der Waals surface area contributed by atoms with Crippen molar-refractivity contribution in [2.24, 2.45) is 0 Å². The Bertz CT molecular complexity index is 1130. The lowest BCUT2D eigenvalue weighted by molar-refractivity contribution is 0.0469. The highest BCUT2D eigenvalue weighted by Gasteiger charge is 2.20. The second-order valence-corrected chi connectivity index (χ2v) is 6.46. The summed E-state index contributed by atoms with van der Waals surface area (Å²) in [7, 11) is 4.41. The van der Waals surface area contributed by atoms with Crippen LogP contribution in [-0.2, 0) is 11.3 Å². The molecule has 0 radical (unpaired) electrons. The summed E-state index contributed by atoms with van der Waals surface area (Å²) in [5, 5.41) is 0.722. The molecule has 0 bridgehead atoms. The minimum atomic E-state index is -0.618. The summed E-state index contributed by atoms with van der Waals surface area (Å²) in [6, 6.07) is 8.15. The summed E-state index contributed by atoms with van der Waals surface area (Å²) in [5.41, 5.74) is 2.61. The van der Waals surface area contributed by atoms with Crippen molar-refractivity contribution in [3.8, 4) is 17.2 Å². The van der Waals surface area contributed by atoms with Crippen molar-refractivity contribution in [3.63, 3.8) is 0 Å². The third kappa shape index (κ3) is 3.89. The summed E-state index contributed by atoms with van der Waals surface area (Å²) in [4.78, 5) is 24.7. The maximum absolute atomic E-state index is 12.7. The van der Waals surface area contributed by atoms with Gasteiger partial charge in [0.15, 0.2) is 11.5 Å². The number of fused-ring (bicyclic) bond motifs is 1. The van der Waals surface area contributed by atoms with E-state index >= 15 is 0 Å². The Labute approximate surface area is 167 Å². The topological polar surface area (TPSA) is 84.2 Å². The van der Waals surface area contributed by atoms with Crippen LogP contribution in [0.4, 0.5) is 0 Å². The Hall–Kier alpha value is -3.48. The zero-order valence-corrected chi connectivity index (χ0v) is 17.0. The summed E-state index contributed by atoms with van der Waals surface area (Å²) in [6.45, 7) is 3.72. The molecule has 3 rings (SSSR count). The Kier molecular flexibility index (Phi) is 5.77. The first kappa shape index (κ1) is 20.3. The van der Waals surface area contributed by atoms with Crippen molar-refractivity contribution in [1.29, 1.82) is 0 Å². The zero-order valence-electron chi connectivity index (χ0n) is 17.0. The molecule has 0 amide bonds. The van der Waals surface area contributed by atoms with Crippen LogP contribution in [0.15, 0.2) is 39.5 Å². The van der Waals surface area contributed by atoms with Gasteiger partial charge in [0.1, 0.15) is 23.5 Å². The minimum absolute atomic E-state index is 0.0963. The molecule has 0 aliphatic heterocycles. The van der Waals surface area contributed by atoms with E-state index in [-0.39, 0.29) is 17.9 Å². The predicted octanol–water partition coefficient (Wildman–Crippen LogP) is 3.79. The largest absolute Gasteiger partial charge is 0.496 e. The average Bonchev–Trinajstić information content (AvgIpc) is 2.73. The Morgan fingerprint density at radius 1 is 0.931 bits per heavy atom. The van der Waals surface area contributed by atoms with E-state index < -0.39 is 11.6 Å². The Balaban J connectivity index is 1.94. The van der Waals surface area contributed by atoms with E-state index in [9.17, 15) is 9.59 Å². The molecule has 0 fully saturated rings. The molecule has 1 heterocycles. The molecule has 2 aromatic carbocycles. The molecule has 1 aromatic heterocycles. The molecule has 0 unspecified atom stereocenters. The van der Waals surface area contributed by atoms with Gasteiger partial charge in [-0.15, -0.1) is 0 Å². The number of carbonyl (C=O) groups is 1. The van der Waals surface area contributed by atoms with Gasteiger partial charge >= 0.3 is 11.6 Å². The summed E-state index contributed by atoms with van der Waals surface area (Å²) in [5.74, 6) is 0.472. The van der Waals surface area contributed by atoms with Crippen molar-refractivity contribution >= 4 is 16.9 Å². The van der Waals surface area contributed by atoms with Gasteiger partial charge in [-0.05, 0) is 25.0 Å². The van der Waals surface area contributed by atoms with Crippen LogP contribution in [0.25, 0.3) is 11.0 Å². The second kappa shape index (κ2) is 8.26. The van der Waals surface area contributed by atoms with Crippen LogP contribution in [-0.4, -0.2) is 27.3 Å². The van der Waals surface area contributed by atoms with Crippen molar-refractivity contribution < 1.29 is 28.2 Å². The van der Waals surface area contributed by atoms with E-state index in [1.54, 1.807) is 6.07 Å². The zero-order chi connectivity index (χ0) is 21.1. The second-order valence-electron chi connectivity index (χ2n) is 6.46. The molecule has 0 N–H and O–H groups in total. The van der Waals surface area contributed by atoms with E-state index in [1.165, 1.54) is 33.5 Å². The number of benzene rings is 2. The van der Waals surface area contributed by atoms with Crippen LogP contribution < -0.4 is 19.8 Å². The molecule has 0 saturated carbocycles. The minimum Gasteiger partial charge on any atom is -0.496 e. The van der Waals surface area contributed by atoms with Crippen molar-refractivity contribution in [1.82, 2.24) is 0 Å². The highest BCUT2D eigenvalue weighted by molar-refractivity contribution is 5.94. The number of carbonyl (C=O) groups excluding carboxylic acids is 1. The molecule has 0 aliphatic carbocycles. The van der Waals surface area contributed by atoms with Crippen LogP contribution in [0.3, 0.4) is 0 Å². The predicted molar refractivity (Wildman–Crippen MR) is 107 cm³/mol. The fourth-order valence-corrected chi connectivity index (χ4v) is 3.05. The smallest absolute Gasteiger partial charge is 0.342 e. The lowest BCUT2D eigenvalue weighted by atomic mass is 10.0. The van der Waals surface area contributed by atoms with Crippen molar-refractivity contribution in [3.05, 3.63) is 63.0 Å². The fraction of sp³-hybridized carbons (Fsp3) is 0.273. The summed E-state index contributed by atoms with van der Waals surface area (Å²) >= 11 is 0. The van der Waals surface area contributed by atoms with E-state index in [0.29, 0.717) is 22.6 Å². The van der Waals surface area contributed by atoms with Crippen molar-refractivity contribution in [2.75, 3.05) is 21.3 Å². The molecular weight excluding hydrogens is 376 g/mol. The average molecular weight is 398 g/mol. The van der Waals surface area contributed by atoms with Gasteiger partial charge in [-0.1, -0.05) is 12.1 Å². The van der Waals surface area contributed by atoms with Crippen LogP contribution in [0.2, 0.25) is 0 Å². The first-order valence-electron chi connectivity index (χ1n) is 8.89. The molecule has 7 nitrogen and oxygen atoms in total. The SMILES string of the molecule is COc1cc(OC)c(C(=O)OCc2cc(=O)oc3c(C)c(C)ccc23)cc1OC. The molecule has 3 aromatic rings. The van der Waals surface area contributed by atoms with Gasteiger partial charge in [-0.25, -0.2) is 9.59 Å². The van der Waals surface area contributed by atoms with Crippen LogP contribution >= 0.6 is 0 Å². The number of methoxy groups -OCH3 is 3. The third-order valence-corrected chi connectivity index (χ3v) is 4.80. The fourth-order valence-electron chi connectivity index (χ4n) is 3.05. The van der Waals surface area contributed by atoms with Gasteiger partial charge in [0.25, 0.3) is 0 Å². The van der Waals surface area contributed by atoms with Crippen molar-refractivity contribution in [2.45, 2.75) is 20.5 Å². The number of hydrogen-bond donors (Lipinski definition) is 0. The monoisotopic (exact) mass is 398 g/mol. The van der Waals surface area contributed by atoms with Gasteiger partial charge in [0.2, 0.25) is 0 Å². The molecule has 7 heteroatoms.